The highest BCUT2D eigenvalue weighted by Crippen LogP contribution is 2.22. The first-order valence-electron chi connectivity index (χ1n) is 4.24. The molecule has 0 aliphatic carbocycles. The Kier molecular flexibility index (Phi) is 2.91. The van der Waals surface area contributed by atoms with Crippen LogP contribution in [0.2, 0.25) is 0 Å². The highest BCUT2D eigenvalue weighted by Gasteiger charge is 2.01. The molecule has 0 unspecified atom stereocenters. The van der Waals surface area contributed by atoms with Crippen molar-refractivity contribution in [2.75, 3.05) is 5.32 Å². The SMILES string of the molecule is Fc1cccc(Nc2ncncc2Br)c1. The van der Waals surface area contributed by atoms with E-state index in [0.717, 1.165) is 4.47 Å². The average Bonchev–Trinajstić information content (AvgIpc) is 2.22. The van der Waals surface area contributed by atoms with Gasteiger partial charge in [-0.2, -0.15) is 0 Å². The molecule has 0 amide bonds. The van der Waals surface area contributed by atoms with Crippen molar-refractivity contribution in [2.24, 2.45) is 0 Å². The summed E-state index contributed by atoms with van der Waals surface area (Å²) in [6, 6.07) is 6.18. The smallest absolute Gasteiger partial charge is 0.148 e. The summed E-state index contributed by atoms with van der Waals surface area (Å²) < 4.78 is 13.6. The zero-order valence-electron chi connectivity index (χ0n) is 7.61. The van der Waals surface area contributed by atoms with Gasteiger partial charge in [0.15, 0.2) is 0 Å². The van der Waals surface area contributed by atoms with Gasteiger partial charge in [0.05, 0.1) is 4.47 Å². The third-order valence-corrected chi connectivity index (χ3v) is 2.34. The lowest BCUT2D eigenvalue weighted by Gasteiger charge is -2.06. The van der Waals surface area contributed by atoms with Crippen molar-refractivity contribution >= 4 is 27.4 Å². The molecule has 1 aromatic heterocycles. The third kappa shape index (κ3) is 2.50. The summed E-state index contributed by atoms with van der Waals surface area (Å²) in [5.41, 5.74) is 0.648. The molecule has 1 aromatic carbocycles. The van der Waals surface area contributed by atoms with Crippen molar-refractivity contribution in [3.63, 3.8) is 0 Å². The number of nitrogens with one attached hydrogen (secondary N) is 1. The molecule has 2 aromatic rings. The lowest BCUT2D eigenvalue weighted by Crippen LogP contribution is -1.95. The Morgan fingerprint density at radius 3 is 2.93 bits per heavy atom. The fourth-order valence-electron chi connectivity index (χ4n) is 1.11. The Hall–Kier alpha value is -1.49. The van der Waals surface area contributed by atoms with Gasteiger partial charge in [-0.05, 0) is 34.1 Å². The fraction of sp³-hybridized carbons (Fsp3) is 0. The second-order valence-electron chi connectivity index (χ2n) is 2.85. The maximum Gasteiger partial charge on any atom is 0.148 e. The van der Waals surface area contributed by atoms with Crippen LogP contribution in [0.25, 0.3) is 0 Å². The average molecular weight is 268 g/mol. The van der Waals surface area contributed by atoms with E-state index in [1.165, 1.54) is 18.5 Å². The number of aromatic nitrogens is 2. The van der Waals surface area contributed by atoms with Gasteiger partial charge in [-0.3, -0.25) is 0 Å². The number of hydrogen-bond acceptors (Lipinski definition) is 3. The van der Waals surface area contributed by atoms with Gasteiger partial charge in [0, 0.05) is 11.9 Å². The molecule has 0 saturated carbocycles. The molecule has 3 nitrogen and oxygen atoms in total. The van der Waals surface area contributed by atoms with Gasteiger partial charge in [0.25, 0.3) is 0 Å². The second kappa shape index (κ2) is 4.35. The molecule has 2 rings (SSSR count). The maximum absolute atomic E-state index is 12.9. The second-order valence-corrected chi connectivity index (χ2v) is 3.71. The van der Waals surface area contributed by atoms with Gasteiger partial charge in [0.2, 0.25) is 0 Å². The van der Waals surface area contributed by atoms with Crippen LogP contribution in [0.5, 0.6) is 0 Å². The van der Waals surface area contributed by atoms with Crippen molar-refractivity contribution in [3.8, 4) is 0 Å². The Morgan fingerprint density at radius 1 is 1.33 bits per heavy atom. The first-order chi connectivity index (χ1) is 7.25. The molecule has 0 radical (unpaired) electrons. The maximum atomic E-state index is 12.9. The molecule has 5 heteroatoms. The highest BCUT2D eigenvalue weighted by atomic mass is 79.9. The predicted molar refractivity (Wildman–Crippen MR) is 59.4 cm³/mol. The van der Waals surface area contributed by atoms with Gasteiger partial charge in [-0.25, -0.2) is 14.4 Å². The van der Waals surface area contributed by atoms with E-state index in [2.05, 4.69) is 31.2 Å². The molecule has 0 spiro atoms. The summed E-state index contributed by atoms with van der Waals surface area (Å²) in [6.07, 6.45) is 3.04. The van der Waals surface area contributed by atoms with Crippen LogP contribution in [-0.4, -0.2) is 9.97 Å². The van der Waals surface area contributed by atoms with Crippen molar-refractivity contribution in [1.29, 1.82) is 0 Å². The van der Waals surface area contributed by atoms with E-state index in [1.54, 1.807) is 18.3 Å². The highest BCUT2D eigenvalue weighted by molar-refractivity contribution is 9.10. The topological polar surface area (TPSA) is 37.8 Å². The molecule has 0 fully saturated rings. The monoisotopic (exact) mass is 267 g/mol. The molecule has 76 valence electrons. The van der Waals surface area contributed by atoms with Crippen molar-refractivity contribution in [2.45, 2.75) is 0 Å². The Balaban J connectivity index is 2.26. The van der Waals surface area contributed by atoms with E-state index in [1.807, 2.05) is 0 Å². The van der Waals surface area contributed by atoms with Crippen LogP contribution in [-0.2, 0) is 0 Å². The summed E-state index contributed by atoms with van der Waals surface area (Å²) in [7, 11) is 0. The van der Waals surface area contributed by atoms with Crippen LogP contribution < -0.4 is 5.32 Å². The number of rotatable bonds is 2. The van der Waals surface area contributed by atoms with Gasteiger partial charge in [0.1, 0.15) is 18.0 Å². The fourth-order valence-corrected chi connectivity index (χ4v) is 1.43. The molecule has 1 N–H and O–H groups in total. The van der Waals surface area contributed by atoms with Gasteiger partial charge in [-0.1, -0.05) is 6.07 Å². The Morgan fingerprint density at radius 2 is 2.20 bits per heavy atom. The zero-order chi connectivity index (χ0) is 10.7. The van der Waals surface area contributed by atoms with E-state index >= 15 is 0 Å². The largest absolute Gasteiger partial charge is 0.339 e. The first kappa shape index (κ1) is 10.0. The zero-order valence-corrected chi connectivity index (χ0v) is 9.20. The molecule has 0 aliphatic heterocycles. The number of hydrogen-bond donors (Lipinski definition) is 1. The molecule has 15 heavy (non-hydrogen) atoms. The van der Waals surface area contributed by atoms with Crippen LogP contribution in [0.15, 0.2) is 41.3 Å². The minimum atomic E-state index is -0.287. The quantitative estimate of drug-likeness (QED) is 0.909. The summed E-state index contributed by atoms with van der Waals surface area (Å²) in [6.45, 7) is 0. The Labute approximate surface area is 94.5 Å². The molecule has 0 atom stereocenters. The van der Waals surface area contributed by atoms with E-state index < -0.39 is 0 Å². The Bertz CT molecular complexity index is 476. The first-order valence-corrected chi connectivity index (χ1v) is 5.03. The number of halogens is 2. The number of nitrogens with zero attached hydrogens (tertiary/aromatic N) is 2. The summed E-state index contributed by atoms with van der Waals surface area (Å²) >= 11 is 3.29. The van der Waals surface area contributed by atoms with Crippen LogP contribution in [0.3, 0.4) is 0 Å². The number of anilines is 2. The minimum absolute atomic E-state index is 0.287. The molecular formula is C10H7BrFN3. The summed E-state index contributed by atoms with van der Waals surface area (Å²) in [5, 5.41) is 2.98. The lowest BCUT2D eigenvalue weighted by atomic mass is 10.3. The van der Waals surface area contributed by atoms with Crippen LogP contribution in [0.1, 0.15) is 0 Å². The van der Waals surface area contributed by atoms with Crippen LogP contribution in [0.4, 0.5) is 15.9 Å². The van der Waals surface area contributed by atoms with E-state index in [9.17, 15) is 4.39 Å². The molecule has 0 saturated heterocycles. The normalized spacial score (nSPS) is 10.0. The van der Waals surface area contributed by atoms with Crippen LogP contribution in [0, 0.1) is 5.82 Å². The lowest BCUT2D eigenvalue weighted by molar-refractivity contribution is 0.628. The van der Waals surface area contributed by atoms with Gasteiger partial charge >= 0.3 is 0 Å². The number of benzene rings is 1. The van der Waals surface area contributed by atoms with E-state index in [4.69, 9.17) is 0 Å². The third-order valence-electron chi connectivity index (χ3n) is 1.75. The minimum Gasteiger partial charge on any atom is -0.339 e. The summed E-state index contributed by atoms with van der Waals surface area (Å²) in [5.74, 6) is 0.320. The van der Waals surface area contributed by atoms with Crippen molar-refractivity contribution in [1.82, 2.24) is 9.97 Å². The van der Waals surface area contributed by atoms with E-state index in [0.29, 0.717) is 11.5 Å². The van der Waals surface area contributed by atoms with E-state index in [-0.39, 0.29) is 5.82 Å². The van der Waals surface area contributed by atoms with Gasteiger partial charge < -0.3 is 5.32 Å². The molecule has 0 aliphatic rings. The molecule has 1 heterocycles. The molecule has 0 bridgehead atoms. The molecular weight excluding hydrogens is 261 g/mol. The van der Waals surface area contributed by atoms with Crippen molar-refractivity contribution < 1.29 is 4.39 Å². The standard InChI is InChI=1S/C10H7BrFN3/c11-9-5-13-6-14-10(9)15-8-3-1-2-7(12)4-8/h1-6H,(H,13,14,15). The van der Waals surface area contributed by atoms with Gasteiger partial charge in [-0.15, -0.1) is 0 Å². The predicted octanol–water partition coefficient (Wildman–Crippen LogP) is 3.12. The summed E-state index contributed by atoms with van der Waals surface area (Å²) in [4.78, 5) is 7.84. The van der Waals surface area contributed by atoms with Crippen LogP contribution >= 0.6 is 15.9 Å². The van der Waals surface area contributed by atoms with Crippen molar-refractivity contribution in [3.05, 3.63) is 47.1 Å².